The van der Waals surface area contributed by atoms with Crippen LogP contribution in [0.3, 0.4) is 0 Å². The molecule has 0 spiro atoms. The van der Waals surface area contributed by atoms with Gasteiger partial charge in [-0.2, -0.15) is 0 Å². The number of hydrogen-bond acceptors (Lipinski definition) is 3. The molecule has 29 heavy (non-hydrogen) atoms. The Morgan fingerprint density at radius 1 is 0.862 bits per heavy atom. The first kappa shape index (κ1) is 20.6. The Kier molecular flexibility index (Phi) is 6.99. The maximum Gasteiger partial charge on any atom is 0.257 e. The molecule has 8 heteroatoms. The Morgan fingerprint density at radius 3 is 2.41 bits per heavy atom. The zero-order valence-corrected chi connectivity index (χ0v) is 16.9. The molecule has 0 bridgehead atoms. The minimum absolute atomic E-state index is 0.175. The summed E-state index contributed by atoms with van der Waals surface area (Å²) in [6.07, 6.45) is 0.189. The van der Waals surface area contributed by atoms with E-state index in [1.807, 2.05) is 42.5 Å². The van der Waals surface area contributed by atoms with Crippen LogP contribution in [0.5, 0.6) is 0 Å². The van der Waals surface area contributed by atoms with Crippen LogP contribution in [0.4, 0.5) is 5.69 Å². The van der Waals surface area contributed by atoms with Gasteiger partial charge in [-0.25, -0.2) is 0 Å². The maximum atomic E-state index is 12.2. The van der Waals surface area contributed by atoms with E-state index in [0.717, 1.165) is 16.3 Å². The molecule has 3 aromatic carbocycles. The van der Waals surface area contributed by atoms with Crippen molar-refractivity contribution in [2.75, 3.05) is 11.9 Å². The highest BCUT2D eigenvalue weighted by molar-refractivity contribution is 7.80. The first-order chi connectivity index (χ1) is 14.0. The number of anilines is 1. The molecule has 4 N–H and O–H groups in total. The second kappa shape index (κ2) is 9.86. The van der Waals surface area contributed by atoms with Crippen LogP contribution in [0, 0.1) is 0 Å². The number of benzene rings is 3. The lowest BCUT2D eigenvalue weighted by molar-refractivity contribution is -0.126. The zero-order chi connectivity index (χ0) is 20.6. The summed E-state index contributed by atoms with van der Waals surface area (Å²) in [5, 5.41) is 8.24. The number of nitrogens with one attached hydrogen (secondary N) is 4. The third-order valence-corrected chi connectivity index (χ3v) is 4.65. The van der Waals surface area contributed by atoms with Crippen molar-refractivity contribution < 1.29 is 9.59 Å². The summed E-state index contributed by atoms with van der Waals surface area (Å²) in [4.78, 5) is 24.1. The van der Waals surface area contributed by atoms with Gasteiger partial charge in [0.1, 0.15) is 0 Å². The van der Waals surface area contributed by atoms with Gasteiger partial charge in [-0.1, -0.05) is 66.2 Å². The van der Waals surface area contributed by atoms with Crippen molar-refractivity contribution in [2.24, 2.45) is 0 Å². The number of fused-ring (bicyclic) bond motifs is 1. The Hall–Kier alpha value is -3.16. The van der Waals surface area contributed by atoms with Gasteiger partial charge in [0.25, 0.3) is 5.91 Å². The SMILES string of the molecule is O=C(Cc1cccc2ccccc12)NCC(=O)NNC(=S)Nc1ccccc1Cl. The lowest BCUT2D eigenvalue weighted by Gasteiger charge is -2.13. The number of para-hydroxylation sites is 1. The molecule has 0 aliphatic rings. The summed E-state index contributed by atoms with van der Waals surface area (Å²) < 4.78 is 0. The summed E-state index contributed by atoms with van der Waals surface area (Å²) in [5.41, 5.74) is 6.51. The molecule has 6 nitrogen and oxygen atoms in total. The van der Waals surface area contributed by atoms with Crippen molar-refractivity contribution in [3.05, 3.63) is 77.3 Å². The Labute approximate surface area is 178 Å². The minimum atomic E-state index is -0.431. The van der Waals surface area contributed by atoms with E-state index in [9.17, 15) is 9.59 Å². The molecule has 0 heterocycles. The number of amides is 2. The predicted octanol–water partition coefficient (Wildman–Crippen LogP) is 3.17. The quantitative estimate of drug-likeness (QED) is 0.372. The highest BCUT2D eigenvalue weighted by Gasteiger charge is 2.09. The number of carbonyl (C=O) groups excluding carboxylic acids is 2. The summed E-state index contributed by atoms with van der Waals surface area (Å²) in [6, 6.07) is 20.7. The largest absolute Gasteiger partial charge is 0.347 e. The van der Waals surface area contributed by atoms with E-state index in [-0.39, 0.29) is 24.0 Å². The second-order valence-electron chi connectivity index (χ2n) is 6.20. The van der Waals surface area contributed by atoms with Crippen LogP contribution >= 0.6 is 23.8 Å². The van der Waals surface area contributed by atoms with Crippen LogP contribution in [-0.2, 0) is 16.0 Å². The summed E-state index contributed by atoms with van der Waals surface area (Å²) in [6.45, 7) is -0.175. The fourth-order valence-electron chi connectivity index (χ4n) is 2.75. The van der Waals surface area contributed by atoms with Crippen LogP contribution in [0.15, 0.2) is 66.7 Å². The Morgan fingerprint density at radius 2 is 1.59 bits per heavy atom. The zero-order valence-electron chi connectivity index (χ0n) is 15.4. The predicted molar refractivity (Wildman–Crippen MR) is 120 cm³/mol. The van der Waals surface area contributed by atoms with Crippen LogP contribution < -0.4 is 21.5 Å². The monoisotopic (exact) mass is 426 g/mol. The van der Waals surface area contributed by atoms with E-state index >= 15 is 0 Å². The molecule has 0 aliphatic carbocycles. The van der Waals surface area contributed by atoms with Crippen LogP contribution in [0.25, 0.3) is 10.8 Å². The average Bonchev–Trinajstić information content (AvgIpc) is 2.73. The fraction of sp³-hybridized carbons (Fsp3) is 0.0952. The normalized spacial score (nSPS) is 10.2. The molecule has 0 unspecified atom stereocenters. The van der Waals surface area contributed by atoms with E-state index in [0.29, 0.717) is 10.7 Å². The van der Waals surface area contributed by atoms with Crippen LogP contribution in [0.1, 0.15) is 5.56 Å². The summed E-state index contributed by atoms with van der Waals surface area (Å²) in [7, 11) is 0. The third-order valence-electron chi connectivity index (χ3n) is 4.11. The molecular weight excluding hydrogens is 408 g/mol. The molecule has 0 radical (unpaired) electrons. The van der Waals surface area contributed by atoms with Crippen molar-refractivity contribution in [2.45, 2.75) is 6.42 Å². The van der Waals surface area contributed by atoms with Gasteiger partial charge < -0.3 is 10.6 Å². The Balaban J connectivity index is 1.43. The molecule has 3 rings (SSSR count). The van der Waals surface area contributed by atoms with Gasteiger partial charge in [-0.05, 0) is 40.7 Å². The molecule has 2 amide bonds. The Bertz CT molecular complexity index is 1050. The number of carbonyl (C=O) groups is 2. The molecule has 0 aliphatic heterocycles. The van der Waals surface area contributed by atoms with Crippen LogP contribution in [-0.4, -0.2) is 23.5 Å². The number of rotatable bonds is 5. The van der Waals surface area contributed by atoms with Crippen molar-refractivity contribution in [3.63, 3.8) is 0 Å². The highest BCUT2D eigenvalue weighted by Crippen LogP contribution is 2.20. The van der Waals surface area contributed by atoms with Gasteiger partial charge in [0, 0.05) is 0 Å². The number of hydrazine groups is 1. The molecule has 0 saturated heterocycles. The second-order valence-corrected chi connectivity index (χ2v) is 7.01. The van der Waals surface area contributed by atoms with Gasteiger partial charge in [-0.3, -0.25) is 20.4 Å². The lowest BCUT2D eigenvalue weighted by Crippen LogP contribution is -2.47. The molecule has 148 valence electrons. The van der Waals surface area contributed by atoms with Crippen LogP contribution in [0.2, 0.25) is 5.02 Å². The molecule has 0 fully saturated rings. The van der Waals surface area contributed by atoms with Gasteiger partial charge in [0.05, 0.1) is 23.7 Å². The number of thiocarbonyl (C=S) groups is 1. The smallest absolute Gasteiger partial charge is 0.257 e. The topological polar surface area (TPSA) is 82.3 Å². The van der Waals surface area contributed by atoms with E-state index in [1.165, 1.54) is 0 Å². The maximum absolute atomic E-state index is 12.2. The first-order valence-electron chi connectivity index (χ1n) is 8.86. The standard InChI is InChI=1S/C21H19ClN4O2S/c22-17-10-3-4-11-18(17)24-21(29)26-25-20(28)13-23-19(27)12-15-8-5-7-14-6-1-2-9-16(14)15/h1-11H,12-13H2,(H,23,27)(H,25,28)(H2,24,26,29). The molecular formula is C21H19ClN4O2S. The van der Waals surface area contributed by atoms with Gasteiger partial charge in [0.15, 0.2) is 5.11 Å². The van der Waals surface area contributed by atoms with Gasteiger partial charge in [0.2, 0.25) is 5.91 Å². The first-order valence-corrected chi connectivity index (χ1v) is 9.65. The summed E-state index contributed by atoms with van der Waals surface area (Å²) in [5.74, 6) is -0.673. The molecule has 0 saturated carbocycles. The van der Waals surface area contributed by atoms with E-state index in [4.69, 9.17) is 23.8 Å². The van der Waals surface area contributed by atoms with Crippen molar-refractivity contribution in [1.29, 1.82) is 0 Å². The molecule has 3 aromatic rings. The van der Waals surface area contributed by atoms with E-state index in [2.05, 4.69) is 21.5 Å². The van der Waals surface area contributed by atoms with Gasteiger partial charge >= 0.3 is 0 Å². The molecule has 0 atom stereocenters. The molecule has 0 aromatic heterocycles. The summed E-state index contributed by atoms with van der Waals surface area (Å²) >= 11 is 11.1. The van der Waals surface area contributed by atoms with Crippen molar-refractivity contribution in [3.8, 4) is 0 Å². The van der Waals surface area contributed by atoms with Crippen molar-refractivity contribution >= 4 is 57.2 Å². The fourth-order valence-corrected chi connectivity index (χ4v) is 3.09. The minimum Gasteiger partial charge on any atom is -0.347 e. The average molecular weight is 427 g/mol. The van der Waals surface area contributed by atoms with E-state index < -0.39 is 5.91 Å². The third kappa shape index (κ3) is 5.91. The lowest BCUT2D eigenvalue weighted by atomic mass is 10.0. The highest BCUT2D eigenvalue weighted by atomic mass is 35.5. The van der Waals surface area contributed by atoms with E-state index in [1.54, 1.807) is 24.3 Å². The van der Waals surface area contributed by atoms with Gasteiger partial charge in [-0.15, -0.1) is 0 Å². The number of hydrogen-bond donors (Lipinski definition) is 4. The number of halogens is 1. The van der Waals surface area contributed by atoms with Crippen molar-refractivity contribution in [1.82, 2.24) is 16.2 Å².